The Kier molecular flexibility index (Phi) is 14.0. The summed E-state index contributed by atoms with van der Waals surface area (Å²) in [6.07, 6.45) is 0. The molecular formula is C3H7LiO2. The molecule has 0 aromatic rings. The van der Waals surface area contributed by atoms with Gasteiger partial charge in [-0.3, -0.25) is 4.79 Å². The summed E-state index contributed by atoms with van der Waals surface area (Å²) in [7, 11) is 0. The number of hydrogen-bond donors (Lipinski definition) is 0. The molecule has 0 aliphatic heterocycles. The van der Waals surface area contributed by atoms with Crippen LogP contribution in [0.25, 0.3) is 0 Å². The van der Waals surface area contributed by atoms with Gasteiger partial charge in [-0.25, -0.2) is 0 Å². The van der Waals surface area contributed by atoms with E-state index < -0.39 is 0 Å². The zero-order valence-electron chi connectivity index (χ0n) is 3.10. The molecule has 6 heavy (non-hydrogen) atoms. The first-order valence-corrected chi connectivity index (χ1v) is 1.47. The fourth-order valence-electron chi connectivity index (χ4n) is 0.0680. The minimum absolute atomic E-state index is 0. The van der Waals surface area contributed by atoms with E-state index in [2.05, 4.69) is 4.74 Å². The van der Waals surface area contributed by atoms with Crippen molar-refractivity contribution in [2.45, 2.75) is 6.92 Å². The SMILES string of the molecule is CCOC=O.[LiH]. The molecule has 0 unspecified atom stereocenters. The molecule has 32 valence electrons. The third-order valence-electron chi connectivity index (χ3n) is 0.235. The van der Waals surface area contributed by atoms with Crippen LogP contribution in [0.3, 0.4) is 0 Å². The van der Waals surface area contributed by atoms with E-state index in [0.717, 1.165) is 0 Å². The molecule has 0 heterocycles. The number of ether oxygens (including phenoxy) is 1. The van der Waals surface area contributed by atoms with Gasteiger partial charge in [-0.1, -0.05) is 0 Å². The van der Waals surface area contributed by atoms with Gasteiger partial charge in [0.15, 0.2) is 0 Å². The van der Waals surface area contributed by atoms with Gasteiger partial charge in [-0.05, 0) is 6.92 Å². The van der Waals surface area contributed by atoms with Crippen molar-refractivity contribution in [1.82, 2.24) is 0 Å². The molecule has 0 amide bonds. The minimum atomic E-state index is 0. The van der Waals surface area contributed by atoms with Gasteiger partial charge in [0.1, 0.15) is 0 Å². The van der Waals surface area contributed by atoms with Crippen LogP contribution in [0.2, 0.25) is 0 Å². The first-order chi connectivity index (χ1) is 2.41. The molecule has 0 N–H and O–H groups in total. The predicted octanol–water partition coefficient (Wildman–Crippen LogP) is -0.469. The molecule has 0 atom stereocenters. The van der Waals surface area contributed by atoms with Crippen molar-refractivity contribution in [3.63, 3.8) is 0 Å². The fraction of sp³-hybridized carbons (Fsp3) is 0.667. The second kappa shape index (κ2) is 8.91. The molecule has 0 aromatic heterocycles. The van der Waals surface area contributed by atoms with Crippen LogP contribution >= 0.6 is 0 Å². The summed E-state index contributed by atoms with van der Waals surface area (Å²) < 4.78 is 4.15. The molecule has 2 nitrogen and oxygen atoms in total. The standard InChI is InChI=1S/C3H6O2.Li.H/c1-2-5-3-4;;/h3H,2H2,1H3;;. The van der Waals surface area contributed by atoms with Crippen LogP contribution in [0.4, 0.5) is 0 Å². The van der Waals surface area contributed by atoms with Gasteiger partial charge in [0.05, 0.1) is 6.61 Å². The van der Waals surface area contributed by atoms with E-state index in [9.17, 15) is 4.79 Å². The Bertz CT molecular complexity index is 30.0. The predicted molar refractivity (Wildman–Crippen MR) is 24.8 cm³/mol. The molecule has 0 spiro atoms. The van der Waals surface area contributed by atoms with Crippen molar-refractivity contribution in [3.8, 4) is 0 Å². The third kappa shape index (κ3) is 8.95. The first-order valence-electron chi connectivity index (χ1n) is 1.47. The molecule has 0 bridgehead atoms. The Morgan fingerprint density at radius 3 is 2.33 bits per heavy atom. The molecule has 0 saturated heterocycles. The molecule has 0 aliphatic rings. The average Bonchev–Trinajstić information content (AvgIpc) is 1.41. The number of carbonyl (C=O) groups excluding carboxylic acids is 1. The van der Waals surface area contributed by atoms with Gasteiger partial charge < -0.3 is 4.74 Å². The van der Waals surface area contributed by atoms with E-state index in [1.54, 1.807) is 6.92 Å². The molecule has 0 fully saturated rings. The van der Waals surface area contributed by atoms with Crippen LogP contribution in [0.15, 0.2) is 0 Å². The zero-order valence-corrected chi connectivity index (χ0v) is 3.10. The summed E-state index contributed by atoms with van der Waals surface area (Å²) in [4.78, 5) is 9.18. The monoisotopic (exact) mass is 82.1 g/mol. The van der Waals surface area contributed by atoms with E-state index >= 15 is 0 Å². The Labute approximate surface area is 49.0 Å². The van der Waals surface area contributed by atoms with E-state index in [0.29, 0.717) is 13.1 Å². The summed E-state index contributed by atoms with van der Waals surface area (Å²) in [6, 6.07) is 0. The summed E-state index contributed by atoms with van der Waals surface area (Å²) in [5.41, 5.74) is 0. The molecule has 0 radical (unpaired) electrons. The zero-order chi connectivity index (χ0) is 4.12. The normalized spacial score (nSPS) is 5.50. The Morgan fingerprint density at radius 2 is 2.33 bits per heavy atom. The molecule has 0 rings (SSSR count). The van der Waals surface area contributed by atoms with Crippen molar-refractivity contribution >= 4 is 25.3 Å². The average molecular weight is 82.0 g/mol. The second-order valence-corrected chi connectivity index (χ2v) is 0.552. The Balaban J connectivity index is 0. The van der Waals surface area contributed by atoms with Crippen LogP contribution in [0.5, 0.6) is 0 Å². The fourth-order valence-corrected chi connectivity index (χ4v) is 0.0680. The van der Waals surface area contributed by atoms with Gasteiger partial charge in [-0.2, -0.15) is 0 Å². The van der Waals surface area contributed by atoms with Crippen molar-refractivity contribution < 1.29 is 9.53 Å². The molecule has 0 aromatic carbocycles. The van der Waals surface area contributed by atoms with E-state index in [1.165, 1.54) is 0 Å². The van der Waals surface area contributed by atoms with Crippen molar-refractivity contribution in [1.29, 1.82) is 0 Å². The number of carbonyl (C=O) groups is 1. The van der Waals surface area contributed by atoms with Crippen LogP contribution < -0.4 is 0 Å². The van der Waals surface area contributed by atoms with Gasteiger partial charge in [-0.15, -0.1) is 0 Å². The Hall–Kier alpha value is 0.0674. The van der Waals surface area contributed by atoms with Gasteiger partial charge >= 0.3 is 18.9 Å². The second-order valence-electron chi connectivity index (χ2n) is 0.552. The third-order valence-corrected chi connectivity index (χ3v) is 0.235. The summed E-state index contributed by atoms with van der Waals surface area (Å²) in [6.45, 7) is 2.66. The number of rotatable bonds is 2. The maximum absolute atomic E-state index is 9.18. The van der Waals surface area contributed by atoms with Crippen molar-refractivity contribution in [3.05, 3.63) is 0 Å². The van der Waals surface area contributed by atoms with E-state index in [4.69, 9.17) is 0 Å². The topological polar surface area (TPSA) is 26.3 Å². The van der Waals surface area contributed by atoms with Crippen LogP contribution in [0.1, 0.15) is 6.92 Å². The number of hydrogen-bond acceptors (Lipinski definition) is 2. The van der Waals surface area contributed by atoms with E-state index in [1.807, 2.05) is 0 Å². The Morgan fingerprint density at radius 1 is 1.83 bits per heavy atom. The molecule has 3 heteroatoms. The van der Waals surface area contributed by atoms with Gasteiger partial charge in [0, 0.05) is 0 Å². The molecule has 0 saturated carbocycles. The van der Waals surface area contributed by atoms with Crippen LogP contribution in [-0.4, -0.2) is 31.9 Å². The van der Waals surface area contributed by atoms with Gasteiger partial charge in [0.25, 0.3) is 6.47 Å². The summed E-state index contributed by atoms with van der Waals surface area (Å²) in [5, 5.41) is 0. The van der Waals surface area contributed by atoms with Crippen molar-refractivity contribution in [2.24, 2.45) is 0 Å². The van der Waals surface area contributed by atoms with E-state index in [-0.39, 0.29) is 18.9 Å². The summed E-state index contributed by atoms with van der Waals surface area (Å²) in [5.74, 6) is 0. The molecule has 0 aliphatic carbocycles. The molecular weight excluding hydrogens is 75.0 g/mol. The van der Waals surface area contributed by atoms with Crippen molar-refractivity contribution in [2.75, 3.05) is 6.61 Å². The van der Waals surface area contributed by atoms with Crippen LogP contribution in [0, 0.1) is 0 Å². The first kappa shape index (κ1) is 9.42. The van der Waals surface area contributed by atoms with Crippen LogP contribution in [-0.2, 0) is 9.53 Å². The van der Waals surface area contributed by atoms with Gasteiger partial charge in [0.2, 0.25) is 0 Å². The maximum atomic E-state index is 9.18. The summed E-state index contributed by atoms with van der Waals surface area (Å²) >= 11 is 0. The quantitative estimate of drug-likeness (QED) is 0.332.